The predicted octanol–water partition coefficient (Wildman–Crippen LogP) is 3.45. The largest absolute Gasteiger partial charge is 0.508 e. The van der Waals surface area contributed by atoms with Crippen molar-refractivity contribution in [3.8, 4) is 5.75 Å². The van der Waals surface area contributed by atoms with Crippen molar-refractivity contribution in [2.24, 2.45) is 0 Å². The van der Waals surface area contributed by atoms with Gasteiger partial charge in [-0.1, -0.05) is 24.4 Å². The van der Waals surface area contributed by atoms with Crippen molar-refractivity contribution in [2.45, 2.75) is 25.7 Å². The number of nitrogens with zero attached hydrogens (tertiary/aromatic N) is 1. The number of aromatic hydroxyl groups is 1. The average Bonchev–Trinajstić information content (AvgIpc) is 2.61. The van der Waals surface area contributed by atoms with Crippen LogP contribution >= 0.6 is 11.6 Å². The van der Waals surface area contributed by atoms with Crippen LogP contribution < -0.4 is 5.32 Å². The van der Waals surface area contributed by atoms with Crippen LogP contribution in [0.5, 0.6) is 5.75 Å². The second-order valence-electron chi connectivity index (χ2n) is 4.50. The maximum absolute atomic E-state index is 12.1. The number of carbonyl (C=O) groups is 1. The van der Waals surface area contributed by atoms with Crippen LogP contribution in [0.2, 0.25) is 5.02 Å². The fourth-order valence-corrected chi connectivity index (χ4v) is 2.30. The van der Waals surface area contributed by atoms with E-state index in [0.717, 1.165) is 25.9 Å². The molecule has 5 heteroatoms. The Morgan fingerprint density at radius 1 is 1.22 bits per heavy atom. The van der Waals surface area contributed by atoms with Gasteiger partial charge in [-0.25, -0.2) is 4.79 Å². The van der Waals surface area contributed by atoms with Gasteiger partial charge in [0.25, 0.3) is 0 Å². The summed E-state index contributed by atoms with van der Waals surface area (Å²) in [7, 11) is 0. The highest BCUT2D eigenvalue weighted by molar-refractivity contribution is 6.33. The summed E-state index contributed by atoms with van der Waals surface area (Å²) in [6.07, 6.45) is 4.47. The molecule has 1 fully saturated rings. The van der Waals surface area contributed by atoms with E-state index in [0.29, 0.717) is 10.7 Å². The van der Waals surface area contributed by atoms with E-state index in [4.69, 9.17) is 11.6 Å². The molecule has 0 radical (unpaired) electrons. The minimum absolute atomic E-state index is 0.0905. The lowest BCUT2D eigenvalue weighted by atomic mass is 10.2. The van der Waals surface area contributed by atoms with Crippen molar-refractivity contribution in [3.05, 3.63) is 23.2 Å². The van der Waals surface area contributed by atoms with E-state index in [1.807, 2.05) is 4.90 Å². The topological polar surface area (TPSA) is 52.6 Å². The molecule has 1 aromatic carbocycles. The first-order chi connectivity index (χ1) is 8.66. The van der Waals surface area contributed by atoms with E-state index in [2.05, 4.69) is 5.32 Å². The molecule has 2 N–H and O–H groups in total. The van der Waals surface area contributed by atoms with Gasteiger partial charge >= 0.3 is 6.03 Å². The Hall–Kier alpha value is -1.42. The van der Waals surface area contributed by atoms with Crippen molar-refractivity contribution in [3.63, 3.8) is 0 Å². The van der Waals surface area contributed by atoms with Crippen LogP contribution in [0, 0.1) is 0 Å². The number of nitrogens with one attached hydrogen (secondary N) is 1. The molecule has 0 atom stereocenters. The van der Waals surface area contributed by atoms with E-state index in [-0.39, 0.29) is 11.8 Å². The van der Waals surface area contributed by atoms with Gasteiger partial charge in [-0.15, -0.1) is 0 Å². The fourth-order valence-electron chi connectivity index (χ4n) is 2.07. The smallest absolute Gasteiger partial charge is 0.321 e. The first kappa shape index (κ1) is 13.0. The summed E-state index contributed by atoms with van der Waals surface area (Å²) in [5, 5.41) is 12.4. The van der Waals surface area contributed by atoms with E-state index in [9.17, 15) is 9.90 Å². The number of likely N-dealkylation sites (tertiary alicyclic amines) is 1. The third-order valence-electron chi connectivity index (χ3n) is 3.09. The summed E-state index contributed by atoms with van der Waals surface area (Å²) < 4.78 is 0. The van der Waals surface area contributed by atoms with Gasteiger partial charge in [0.2, 0.25) is 0 Å². The van der Waals surface area contributed by atoms with Gasteiger partial charge in [-0.05, 0) is 25.0 Å². The van der Waals surface area contributed by atoms with Gasteiger partial charge in [0.1, 0.15) is 5.75 Å². The summed E-state index contributed by atoms with van der Waals surface area (Å²) in [5.74, 6) is 0.0905. The SMILES string of the molecule is O=C(Nc1ccc(O)cc1Cl)N1CCCCCC1. The van der Waals surface area contributed by atoms with Gasteiger partial charge in [-0.2, -0.15) is 0 Å². The minimum atomic E-state index is -0.121. The average molecular weight is 269 g/mol. The van der Waals surface area contributed by atoms with Crippen LogP contribution in [0.1, 0.15) is 25.7 Å². The molecule has 18 heavy (non-hydrogen) atoms. The second kappa shape index (κ2) is 5.96. The van der Waals surface area contributed by atoms with Gasteiger partial charge in [0.05, 0.1) is 10.7 Å². The molecule has 0 bridgehead atoms. The van der Waals surface area contributed by atoms with Crippen LogP contribution in [-0.4, -0.2) is 29.1 Å². The molecule has 1 heterocycles. The van der Waals surface area contributed by atoms with Crippen molar-refractivity contribution >= 4 is 23.3 Å². The highest BCUT2D eigenvalue weighted by Gasteiger charge is 2.16. The van der Waals surface area contributed by atoms with Gasteiger partial charge in [0.15, 0.2) is 0 Å². The zero-order valence-corrected chi connectivity index (χ0v) is 10.9. The predicted molar refractivity (Wildman–Crippen MR) is 72.2 cm³/mol. The monoisotopic (exact) mass is 268 g/mol. The summed E-state index contributed by atoms with van der Waals surface area (Å²) in [6.45, 7) is 1.59. The van der Waals surface area contributed by atoms with Crippen molar-refractivity contribution < 1.29 is 9.90 Å². The lowest BCUT2D eigenvalue weighted by Crippen LogP contribution is -2.35. The number of phenolic OH excluding ortho intramolecular Hbond substituents is 1. The molecule has 0 spiro atoms. The molecule has 0 unspecified atom stereocenters. The number of halogens is 1. The number of rotatable bonds is 1. The Bertz CT molecular complexity index is 429. The van der Waals surface area contributed by atoms with Crippen LogP contribution in [0.15, 0.2) is 18.2 Å². The molecule has 1 aromatic rings. The molecule has 2 rings (SSSR count). The minimum Gasteiger partial charge on any atom is -0.508 e. The molecule has 1 aliphatic heterocycles. The molecular weight excluding hydrogens is 252 g/mol. The highest BCUT2D eigenvalue weighted by atomic mass is 35.5. The van der Waals surface area contributed by atoms with E-state index in [1.54, 1.807) is 6.07 Å². The van der Waals surface area contributed by atoms with Gasteiger partial charge in [0, 0.05) is 19.2 Å². The first-order valence-corrected chi connectivity index (χ1v) is 6.59. The second-order valence-corrected chi connectivity index (χ2v) is 4.90. The quantitative estimate of drug-likeness (QED) is 0.767. The lowest BCUT2D eigenvalue weighted by molar-refractivity contribution is 0.214. The third-order valence-corrected chi connectivity index (χ3v) is 3.40. The zero-order valence-electron chi connectivity index (χ0n) is 10.2. The summed E-state index contributed by atoms with van der Waals surface area (Å²) >= 11 is 5.95. The molecule has 0 aliphatic carbocycles. The Morgan fingerprint density at radius 3 is 2.50 bits per heavy atom. The molecule has 1 aliphatic rings. The van der Waals surface area contributed by atoms with Crippen LogP contribution in [0.3, 0.4) is 0 Å². The molecular formula is C13H17ClN2O2. The van der Waals surface area contributed by atoms with E-state index >= 15 is 0 Å². The van der Waals surface area contributed by atoms with Crippen molar-refractivity contribution in [1.82, 2.24) is 4.90 Å². The normalized spacial score (nSPS) is 16.2. The van der Waals surface area contributed by atoms with Crippen LogP contribution in [0.4, 0.5) is 10.5 Å². The molecule has 0 aromatic heterocycles. The van der Waals surface area contributed by atoms with Gasteiger partial charge < -0.3 is 15.3 Å². The van der Waals surface area contributed by atoms with E-state index < -0.39 is 0 Å². The van der Waals surface area contributed by atoms with Crippen molar-refractivity contribution in [2.75, 3.05) is 18.4 Å². The number of anilines is 1. The fraction of sp³-hybridized carbons (Fsp3) is 0.462. The summed E-state index contributed by atoms with van der Waals surface area (Å²) in [4.78, 5) is 13.9. The number of hydrogen-bond donors (Lipinski definition) is 2. The third kappa shape index (κ3) is 3.29. The molecule has 0 saturated carbocycles. The molecule has 1 saturated heterocycles. The lowest BCUT2D eigenvalue weighted by Gasteiger charge is -2.21. The summed E-state index contributed by atoms with van der Waals surface area (Å²) in [5.41, 5.74) is 0.531. The zero-order chi connectivity index (χ0) is 13.0. The highest BCUT2D eigenvalue weighted by Crippen LogP contribution is 2.26. The number of urea groups is 1. The Balaban J connectivity index is 2.01. The Kier molecular flexibility index (Phi) is 4.31. The Labute approximate surface area is 112 Å². The first-order valence-electron chi connectivity index (χ1n) is 6.21. The standard InChI is InChI=1S/C13H17ClN2O2/c14-11-9-10(17)5-6-12(11)15-13(18)16-7-3-1-2-4-8-16/h5-6,9,17H,1-4,7-8H2,(H,15,18). The number of phenols is 1. The van der Waals surface area contributed by atoms with E-state index in [1.165, 1.54) is 25.0 Å². The number of carbonyl (C=O) groups excluding carboxylic acids is 1. The number of amides is 2. The molecule has 98 valence electrons. The number of hydrogen-bond acceptors (Lipinski definition) is 2. The molecule has 2 amide bonds. The Morgan fingerprint density at radius 2 is 1.89 bits per heavy atom. The van der Waals surface area contributed by atoms with Crippen molar-refractivity contribution in [1.29, 1.82) is 0 Å². The maximum atomic E-state index is 12.1. The van der Waals surface area contributed by atoms with Gasteiger partial charge in [-0.3, -0.25) is 0 Å². The number of benzene rings is 1. The molecule has 4 nitrogen and oxygen atoms in total. The van der Waals surface area contributed by atoms with Crippen LogP contribution in [0.25, 0.3) is 0 Å². The summed E-state index contributed by atoms with van der Waals surface area (Å²) in [6, 6.07) is 4.40. The maximum Gasteiger partial charge on any atom is 0.321 e. The van der Waals surface area contributed by atoms with Crippen LogP contribution in [-0.2, 0) is 0 Å².